The molecule has 3 N–H and O–H groups in total. The van der Waals surface area contributed by atoms with Crippen LogP contribution in [0.4, 0.5) is 27.4 Å². The Morgan fingerprint density at radius 3 is 2.68 bits per heavy atom. The monoisotopic (exact) mass is 282 g/mol. The average Bonchev–Trinajstić information content (AvgIpc) is 2.26. The SMILES string of the molecule is Nc1nc(Nc2cc(F)cc(Cl)c2)ccc1[N+](=O)[O-]. The molecule has 0 amide bonds. The molecule has 6 nitrogen and oxygen atoms in total. The fraction of sp³-hybridized carbons (Fsp3) is 0. The van der Waals surface area contributed by atoms with Gasteiger partial charge in [-0.2, -0.15) is 0 Å². The van der Waals surface area contributed by atoms with Gasteiger partial charge in [-0.1, -0.05) is 11.6 Å². The molecule has 0 saturated heterocycles. The van der Waals surface area contributed by atoms with Gasteiger partial charge in [0.1, 0.15) is 11.6 Å². The van der Waals surface area contributed by atoms with Gasteiger partial charge in [0.05, 0.1) is 4.92 Å². The number of anilines is 3. The van der Waals surface area contributed by atoms with Crippen LogP contribution in [0.1, 0.15) is 0 Å². The van der Waals surface area contributed by atoms with Crippen molar-refractivity contribution in [2.24, 2.45) is 0 Å². The summed E-state index contributed by atoms with van der Waals surface area (Å²) in [6.07, 6.45) is 0. The molecule has 0 fully saturated rings. The molecule has 1 aromatic heterocycles. The molecule has 1 heterocycles. The van der Waals surface area contributed by atoms with Gasteiger partial charge in [0.2, 0.25) is 5.82 Å². The Kier molecular flexibility index (Phi) is 3.48. The largest absolute Gasteiger partial charge is 0.378 e. The van der Waals surface area contributed by atoms with Gasteiger partial charge in [0, 0.05) is 16.8 Å². The highest BCUT2D eigenvalue weighted by Crippen LogP contribution is 2.25. The van der Waals surface area contributed by atoms with Gasteiger partial charge in [0.25, 0.3) is 0 Å². The van der Waals surface area contributed by atoms with Crippen molar-refractivity contribution in [3.63, 3.8) is 0 Å². The first-order chi connectivity index (χ1) is 8.95. The minimum Gasteiger partial charge on any atom is -0.378 e. The second-order valence-electron chi connectivity index (χ2n) is 3.64. The Labute approximate surface area is 112 Å². The molecule has 0 aliphatic rings. The molecular formula is C11H8ClFN4O2. The van der Waals surface area contributed by atoms with Gasteiger partial charge in [-0.3, -0.25) is 10.1 Å². The zero-order chi connectivity index (χ0) is 14.0. The van der Waals surface area contributed by atoms with Crippen molar-refractivity contribution in [2.75, 3.05) is 11.1 Å². The summed E-state index contributed by atoms with van der Waals surface area (Å²) in [6.45, 7) is 0. The van der Waals surface area contributed by atoms with E-state index in [1.807, 2.05) is 0 Å². The topological polar surface area (TPSA) is 94.1 Å². The fourth-order valence-electron chi connectivity index (χ4n) is 1.47. The van der Waals surface area contributed by atoms with Gasteiger partial charge in [-0.25, -0.2) is 9.37 Å². The highest BCUT2D eigenvalue weighted by atomic mass is 35.5. The van der Waals surface area contributed by atoms with E-state index in [4.69, 9.17) is 17.3 Å². The lowest BCUT2D eigenvalue weighted by molar-refractivity contribution is -0.384. The lowest BCUT2D eigenvalue weighted by atomic mass is 10.3. The number of halogens is 2. The van der Waals surface area contributed by atoms with Crippen LogP contribution in [-0.2, 0) is 0 Å². The van der Waals surface area contributed by atoms with Gasteiger partial charge in [-0.15, -0.1) is 0 Å². The number of pyridine rings is 1. The van der Waals surface area contributed by atoms with E-state index in [1.165, 1.54) is 24.3 Å². The molecule has 0 radical (unpaired) electrons. The summed E-state index contributed by atoms with van der Waals surface area (Å²) in [4.78, 5) is 13.8. The summed E-state index contributed by atoms with van der Waals surface area (Å²) in [5, 5.41) is 13.6. The van der Waals surface area contributed by atoms with E-state index in [0.717, 1.165) is 6.07 Å². The minimum atomic E-state index is -0.634. The van der Waals surface area contributed by atoms with Gasteiger partial charge in [-0.05, 0) is 24.3 Å². The number of aromatic nitrogens is 1. The van der Waals surface area contributed by atoms with Crippen LogP contribution in [0.3, 0.4) is 0 Å². The minimum absolute atomic E-state index is 0.220. The standard InChI is InChI=1S/C11H8ClFN4O2/c12-6-3-7(13)5-8(4-6)15-10-2-1-9(17(18)19)11(14)16-10/h1-5H,(H3,14,15,16). The third-order valence-corrected chi connectivity index (χ3v) is 2.45. The molecule has 19 heavy (non-hydrogen) atoms. The summed E-state index contributed by atoms with van der Waals surface area (Å²) in [7, 11) is 0. The van der Waals surface area contributed by atoms with Crippen molar-refractivity contribution < 1.29 is 9.31 Å². The van der Waals surface area contributed by atoms with Crippen LogP contribution in [0.15, 0.2) is 30.3 Å². The first kappa shape index (κ1) is 13.0. The van der Waals surface area contributed by atoms with Crippen molar-refractivity contribution in [1.29, 1.82) is 0 Å². The van der Waals surface area contributed by atoms with E-state index in [-0.39, 0.29) is 22.3 Å². The number of nitrogens with zero attached hydrogens (tertiary/aromatic N) is 2. The third kappa shape index (κ3) is 3.08. The summed E-state index contributed by atoms with van der Waals surface area (Å²) in [5.41, 5.74) is 5.52. The Morgan fingerprint density at radius 1 is 1.37 bits per heavy atom. The molecule has 0 aliphatic carbocycles. The number of rotatable bonds is 3. The lowest BCUT2D eigenvalue weighted by Crippen LogP contribution is -2.01. The molecule has 0 atom stereocenters. The van der Waals surface area contributed by atoms with E-state index in [9.17, 15) is 14.5 Å². The van der Waals surface area contributed by atoms with Gasteiger partial charge in [0.15, 0.2) is 0 Å². The quantitative estimate of drug-likeness (QED) is 0.666. The molecule has 98 valence electrons. The second-order valence-corrected chi connectivity index (χ2v) is 4.08. The molecule has 8 heteroatoms. The number of nitrogens with two attached hydrogens (primary N) is 1. The number of nitrogen functional groups attached to an aromatic ring is 1. The Hall–Kier alpha value is -2.41. The second kappa shape index (κ2) is 5.07. The van der Waals surface area contributed by atoms with Gasteiger partial charge >= 0.3 is 5.69 Å². The van der Waals surface area contributed by atoms with Crippen LogP contribution in [0.2, 0.25) is 5.02 Å². The highest BCUT2D eigenvalue weighted by molar-refractivity contribution is 6.30. The van der Waals surface area contributed by atoms with E-state index >= 15 is 0 Å². The van der Waals surface area contributed by atoms with Crippen molar-refractivity contribution in [3.8, 4) is 0 Å². The molecule has 0 bridgehead atoms. The van der Waals surface area contributed by atoms with Crippen LogP contribution in [0.5, 0.6) is 0 Å². The van der Waals surface area contributed by atoms with Gasteiger partial charge < -0.3 is 11.1 Å². The van der Waals surface area contributed by atoms with E-state index < -0.39 is 10.7 Å². The maximum absolute atomic E-state index is 13.1. The zero-order valence-electron chi connectivity index (χ0n) is 9.43. The predicted octanol–water partition coefficient (Wildman–Crippen LogP) is 3.11. The summed E-state index contributed by atoms with van der Waals surface area (Å²) in [6, 6.07) is 6.44. The normalized spacial score (nSPS) is 10.2. The molecule has 0 saturated carbocycles. The predicted molar refractivity (Wildman–Crippen MR) is 70.0 cm³/mol. The van der Waals surface area contributed by atoms with Crippen molar-refractivity contribution in [2.45, 2.75) is 0 Å². The number of nitro groups is 1. The number of nitrogens with one attached hydrogen (secondary N) is 1. The summed E-state index contributed by atoms with van der Waals surface area (Å²) < 4.78 is 13.1. The Balaban J connectivity index is 2.28. The number of hydrogen-bond donors (Lipinski definition) is 2. The number of benzene rings is 1. The van der Waals surface area contributed by atoms with Crippen molar-refractivity contribution >= 4 is 34.6 Å². The maximum atomic E-state index is 13.1. The molecular weight excluding hydrogens is 275 g/mol. The maximum Gasteiger partial charge on any atom is 0.311 e. The summed E-state index contributed by atoms with van der Waals surface area (Å²) in [5.74, 6) is -0.479. The van der Waals surface area contributed by atoms with Crippen LogP contribution in [0.25, 0.3) is 0 Å². The molecule has 0 spiro atoms. The average molecular weight is 283 g/mol. The highest BCUT2D eigenvalue weighted by Gasteiger charge is 2.13. The Bertz CT molecular complexity index is 630. The number of hydrogen-bond acceptors (Lipinski definition) is 5. The van der Waals surface area contributed by atoms with E-state index in [2.05, 4.69) is 10.3 Å². The molecule has 2 aromatic rings. The Morgan fingerprint density at radius 2 is 2.11 bits per heavy atom. The van der Waals surface area contributed by atoms with Crippen LogP contribution in [-0.4, -0.2) is 9.91 Å². The molecule has 0 unspecified atom stereocenters. The van der Waals surface area contributed by atoms with Crippen LogP contribution >= 0.6 is 11.6 Å². The van der Waals surface area contributed by atoms with Crippen LogP contribution < -0.4 is 11.1 Å². The van der Waals surface area contributed by atoms with E-state index in [1.54, 1.807) is 0 Å². The van der Waals surface area contributed by atoms with E-state index in [0.29, 0.717) is 5.69 Å². The smallest absolute Gasteiger partial charge is 0.311 e. The summed E-state index contributed by atoms with van der Waals surface area (Å²) >= 11 is 5.70. The molecule has 2 rings (SSSR count). The van der Waals surface area contributed by atoms with Crippen molar-refractivity contribution in [3.05, 3.63) is 51.3 Å². The molecule has 0 aliphatic heterocycles. The lowest BCUT2D eigenvalue weighted by Gasteiger charge is -2.07. The fourth-order valence-corrected chi connectivity index (χ4v) is 1.69. The zero-order valence-corrected chi connectivity index (χ0v) is 10.2. The molecule has 1 aromatic carbocycles. The third-order valence-electron chi connectivity index (χ3n) is 2.23. The first-order valence-corrected chi connectivity index (χ1v) is 5.47. The van der Waals surface area contributed by atoms with Crippen LogP contribution in [0, 0.1) is 15.9 Å². The first-order valence-electron chi connectivity index (χ1n) is 5.10. The van der Waals surface area contributed by atoms with Crippen molar-refractivity contribution in [1.82, 2.24) is 4.98 Å².